The molecule has 0 aromatic heterocycles. The number of carbonyl (C=O) groups is 3. The fraction of sp³-hybridized carbons (Fsp3) is 0.750. The second-order valence-electron chi connectivity index (χ2n) is 4.96. The Hall–Kier alpha value is -1.59. The van der Waals surface area contributed by atoms with Gasteiger partial charge in [0.25, 0.3) is 5.91 Å². The molecule has 0 spiro atoms. The molecule has 6 heteroatoms. The van der Waals surface area contributed by atoms with E-state index in [4.69, 9.17) is 10.5 Å². The van der Waals surface area contributed by atoms with Gasteiger partial charge in [-0.05, 0) is 25.7 Å². The van der Waals surface area contributed by atoms with Crippen LogP contribution in [0.5, 0.6) is 0 Å². The van der Waals surface area contributed by atoms with E-state index in [1.54, 1.807) is 4.90 Å². The number of hydrogen-bond acceptors (Lipinski definition) is 4. The van der Waals surface area contributed by atoms with Gasteiger partial charge in [0.1, 0.15) is 0 Å². The Morgan fingerprint density at radius 1 is 1.17 bits per heavy atom. The zero-order valence-corrected chi connectivity index (χ0v) is 10.3. The molecule has 6 nitrogen and oxygen atoms in total. The second-order valence-corrected chi connectivity index (χ2v) is 4.96. The van der Waals surface area contributed by atoms with Crippen molar-refractivity contribution in [2.75, 3.05) is 19.7 Å². The molecular weight excluding hydrogens is 236 g/mol. The Kier molecular flexibility index (Phi) is 3.84. The van der Waals surface area contributed by atoms with E-state index in [9.17, 15) is 14.4 Å². The summed E-state index contributed by atoms with van der Waals surface area (Å²) in [5, 5.41) is 0. The lowest BCUT2D eigenvalue weighted by Crippen LogP contribution is -2.45. The summed E-state index contributed by atoms with van der Waals surface area (Å²) in [6.07, 6.45) is 3.21. The predicted molar refractivity (Wildman–Crippen MR) is 62.2 cm³/mol. The number of esters is 1. The molecule has 0 radical (unpaired) electrons. The van der Waals surface area contributed by atoms with Crippen molar-refractivity contribution in [1.29, 1.82) is 0 Å². The first-order chi connectivity index (χ1) is 8.58. The number of hydrogen-bond donors (Lipinski definition) is 1. The highest BCUT2D eigenvalue weighted by molar-refractivity contribution is 5.83. The largest absolute Gasteiger partial charge is 0.455 e. The summed E-state index contributed by atoms with van der Waals surface area (Å²) in [7, 11) is 0. The lowest BCUT2D eigenvalue weighted by molar-refractivity contribution is -0.154. The first-order valence-electron chi connectivity index (χ1n) is 6.31. The number of piperidine rings is 1. The molecule has 2 fully saturated rings. The quantitative estimate of drug-likeness (QED) is 0.695. The summed E-state index contributed by atoms with van der Waals surface area (Å²) in [4.78, 5) is 35.7. The third kappa shape index (κ3) is 3.21. The van der Waals surface area contributed by atoms with E-state index in [0.717, 1.165) is 25.7 Å². The van der Waals surface area contributed by atoms with Gasteiger partial charge in [-0.2, -0.15) is 0 Å². The standard InChI is InChI=1S/C12H18N2O4/c13-11(16)9-2-1-5-14(6-9)10(15)7-18-12(17)8-3-4-8/h8-9H,1-7H2,(H2,13,16)/t9-/m1/s1. The average Bonchev–Trinajstić information content (AvgIpc) is 3.20. The molecule has 1 heterocycles. The molecule has 0 aromatic rings. The van der Waals surface area contributed by atoms with E-state index < -0.39 is 0 Å². The summed E-state index contributed by atoms with van der Waals surface area (Å²) >= 11 is 0. The number of ether oxygens (including phenoxy) is 1. The van der Waals surface area contributed by atoms with Crippen molar-refractivity contribution in [3.8, 4) is 0 Å². The molecule has 1 atom stereocenters. The second kappa shape index (κ2) is 5.37. The van der Waals surface area contributed by atoms with Crippen molar-refractivity contribution in [3.63, 3.8) is 0 Å². The number of primary amides is 1. The molecule has 100 valence electrons. The van der Waals surface area contributed by atoms with Gasteiger partial charge in [-0.25, -0.2) is 0 Å². The van der Waals surface area contributed by atoms with E-state index in [1.807, 2.05) is 0 Å². The van der Waals surface area contributed by atoms with E-state index in [1.165, 1.54) is 0 Å². The molecule has 1 saturated heterocycles. The van der Waals surface area contributed by atoms with Crippen LogP contribution in [0.2, 0.25) is 0 Å². The molecule has 1 saturated carbocycles. The number of nitrogens with two attached hydrogens (primary N) is 1. The van der Waals surface area contributed by atoms with Crippen LogP contribution in [0.15, 0.2) is 0 Å². The van der Waals surface area contributed by atoms with Gasteiger partial charge in [0.05, 0.1) is 11.8 Å². The Balaban J connectivity index is 1.77. The highest BCUT2D eigenvalue weighted by atomic mass is 16.5. The van der Waals surface area contributed by atoms with E-state index in [-0.39, 0.29) is 36.2 Å². The van der Waals surface area contributed by atoms with Crippen LogP contribution in [-0.2, 0) is 19.1 Å². The summed E-state index contributed by atoms with van der Waals surface area (Å²) < 4.78 is 4.93. The van der Waals surface area contributed by atoms with E-state index in [0.29, 0.717) is 13.1 Å². The SMILES string of the molecule is NC(=O)[C@@H]1CCCN(C(=O)COC(=O)C2CC2)C1. The monoisotopic (exact) mass is 254 g/mol. The Morgan fingerprint density at radius 3 is 2.50 bits per heavy atom. The van der Waals surface area contributed by atoms with Crippen LogP contribution in [0.1, 0.15) is 25.7 Å². The maximum Gasteiger partial charge on any atom is 0.309 e. The molecule has 2 amide bonds. The summed E-state index contributed by atoms with van der Waals surface area (Å²) in [6.45, 7) is 0.722. The number of likely N-dealkylation sites (tertiary alicyclic amines) is 1. The van der Waals surface area contributed by atoms with Gasteiger partial charge in [-0.3, -0.25) is 14.4 Å². The highest BCUT2D eigenvalue weighted by Crippen LogP contribution is 2.30. The third-order valence-electron chi connectivity index (χ3n) is 3.43. The van der Waals surface area contributed by atoms with Gasteiger partial charge in [0.2, 0.25) is 5.91 Å². The molecule has 0 bridgehead atoms. The Morgan fingerprint density at radius 2 is 1.89 bits per heavy atom. The van der Waals surface area contributed by atoms with Crippen LogP contribution < -0.4 is 5.73 Å². The molecule has 2 rings (SSSR count). The molecule has 2 aliphatic rings. The minimum absolute atomic E-state index is 0.00229. The van der Waals surface area contributed by atoms with Crippen molar-refractivity contribution in [1.82, 2.24) is 4.90 Å². The van der Waals surface area contributed by atoms with Crippen molar-refractivity contribution in [2.24, 2.45) is 17.6 Å². The van der Waals surface area contributed by atoms with Gasteiger partial charge in [-0.15, -0.1) is 0 Å². The van der Waals surface area contributed by atoms with Crippen molar-refractivity contribution < 1.29 is 19.1 Å². The minimum atomic E-state index is -0.373. The Bertz CT molecular complexity index is 365. The fourth-order valence-electron chi connectivity index (χ4n) is 2.10. The van der Waals surface area contributed by atoms with E-state index in [2.05, 4.69) is 0 Å². The molecule has 1 aliphatic carbocycles. The topological polar surface area (TPSA) is 89.7 Å². The first-order valence-corrected chi connectivity index (χ1v) is 6.31. The van der Waals surface area contributed by atoms with Crippen LogP contribution in [-0.4, -0.2) is 42.4 Å². The maximum absolute atomic E-state index is 11.8. The van der Waals surface area contributed by atoms with Gasteiger partial charge < -0.3 is 15.4 Å². The molecule has 2 N–H and O–H groups in total. The average molecular weight is 254 g/mol. The summed E-state index contributed by atoms with van der Waals surface area (Å²) in [5.41, 5.74) is 5.24. The Labute approximate surface area is 105 Å². The van der Waals surface area contributed by atoms with Crippen LogP contribution >= 0.6 is 0 Å². The van der Waals surface area contributed by atoms with Crippen LogP contribution in [0.25, 0.3) is 0 Å². The molecule has 1 aliphatic heterocycles. The van der Waals surface area contributed by atoms with Crippen molar-refractivity contribution >= 4 is 17.8 Å². The zero-order chi connectivity index (χ0) is 13.1. The maximum atomic E-state index is 11.8. The molecular formula is C12H18N2O4. The fourth-order valence-corrected chi connectivity index (χ4v) is 2.10. The minimum Gasteiger partial charge on any atom is -0.455 e. The van der Waals surface area contributed by atoms with Crippen molar-refractivity contribution in [3.05, 3.63) is 0 Å². The number of rotatable bonds is 4. The predicted octanol–water partition coefficient (Wildman–Crippen LogP) is -0.337. The molecule has 0 unspecified atom stereocenters. The molecule has 18 heavy (non-hydrogen) atoms. The smallest absolute Gasteiger partial charge is 0.309 e. The van der Waals surface area contributed by atoms with Gasteiger partial charge in [-0.1, -0.05) is 0 Å². The number of nitrogens with zero attached hydrogens (tertiary/aromatic N) is 1. The first kappa shape index (κ1) is 12.9. The third-order valence-corrected chi connectivity index (χ3v) is 3.43. The van der Waals surface area contributed by atoms with Crippen LogP contribution in [0, 0.1) is 11.8 Å². The van der Waals surface area contributed by atoms with Gasteiger partial charge in [0, 0.05) is 13.1 Å². The lowest BCUT2D eigenvalue weighted by atomic mass is 9.97. The van der Waals surface area contributed by atoms with Gasteiger partial charge >= 0.3 is 5.97 Å². The lowest BCUT2D eigenvalue weighted by Gasteiger charge is -2.31. The normalized spacial score (nSPS) is 23.6. The summed E-state index contributed by atoms with van der Waals surface area (Å²) in [5.74, 6) is -1.18. The molecule has 0 aromatic carbocycles. The highest BCUT2D eigenvalue weighted by Gasteiger charge is 2.32. The van der Waals surface area contributed by atoms with Crippen LogP contribution in [0.3, 0.4) is 0 Å². The van der Waals surface area contributed by atoms with E-state index >= 15 is 0 Å². The van der Waals surface area contributed by atoms with Gasteiger partial charge in [0.15, 0.2) is 6.61 Å². The van der Waals surface area contributed by atoms with Crippen LogP contribution in [0.4, 0.5) is 0 Å². The van der Waals surface area contributed by atoms with Crippen molar-refractivity contribution in [2.45, 2.75) is 25.7 Å². The number of carbonyl (C=O) groups excluding carboxylic acids is 3. The number of amides is 2. The zero-order valence-electron chi connectivity index (χ0n) is 10.3. The summed E-state index contributed by atoms with van der Waals surface area (Å²) in [6, 6.07) is 0.